The van der Waals surface area contributed by atoms with Crippen molar-refractivity contribution in [1.82, 2.24) is 9.97 Å². The van der Waals surface area contributed by atoms with E-state index < -0.39 is 5.41 Å². The Balaban J connectivity index is 1.47. The van der Waals surface area contributed by atoms with Gasteiger partial charge in [-0.15, -0.1) is 0 Å². The number of para-hydroxylation sites is 1. The Morgan fingerprint density at radius 2 is 1.82 bits per heavy atom. The molecule has 33 heavy (non-hydrogen) atoms. The lowest BCUT2D eigenvalue weighted by Crippen LogP contribution is -2.67. The van der Waals surface area contributed by atoms with E-state index in [9.17, 15) is 4.79 Å². The lowest BCUT2D eigenvalue weighted by molar-refractivity contribution is -0.125. The van der Waals surface area contributed by atoms with Crippen LogP contribution in [0.2, 0.25) is 0 Å². The highest BCUT2D eigenvalue weighted by molar-refractivity contribution is 9.10. The predicted octanol–water partition coefficient (Wildman–Crippen LogP) is 3.90. The number of anilines is 3. The summed E-state index contributed by atoms with van der Waals surface area (Å²) in [7, 11) is 0. The third kappa shape index (κ3) is 3.08. The summed E-state index contributed by atoms with van der Waals surface area (Å²) in [5, 5.41) is 6.40. The Morgan fingerprint density at radius 3 is 2.61 bits per heavy atom. The molecule has 3 aliphatic heterocycles. The van der Waals surface area contributed by atoms with Crippen molar-refractivity contribution < 1.29 is 4.79 Å². The van der Waals surface area contributed by atoms with E-state index in [0.717, 1.165) is 29.0 Å². The number of rotatable bonds is 2. The van der Waals surface area contributed by atoms with Crippen LogP contribution in [-0.2, 0) is 11.2 Å². The molecule has 166 valence electrons. The van der Waals surface area contributed by atoms with Crippen molar-refractivity contribution in [3.63, 3.8) is 0 Å². The van der Waals surface area contributed by atoms with E-state index in [-0.39, 0.29) is 11.9 Å². The number of hydrazone groups is 1. The number of hydrogen-bond donors (Lipinski definition) is 0. The zero-order chi connectivity index (χ0) is 22.6. The minimum absolute atomic E-state index is 0.0302. The molecule has 1 aromatic heterocycles. The fourth-order valence-corrected chi connectivity index (χ4v) is 5.89. The molecule has 0 unspecified atom stereocenters. The monoisotopic (exact) mass is 502 g/mol. The maximum atomic E-state index is 14.2. The molecule has 0 saturated carbocycles. The number of piperazine rings is 1. The Hall–Kier alpha value is -3.26. The summed E-state index contributed by atoms with van der Waals surface area (Å²) >= 11 is 3.63. The second-order valence-corrected chi connectivity index (χ2v) is 9.68. The van der Waals surface area contributed by atoms with Gasteiger partial charge in [0.25, 0.3) is 5.91 Å². The fraction of sp³-hybridized carbons (Fsp3) is 0.280. The van der Waals surface area contributed by atoms with E-state index in [1.54, 1.807) is 17.4 Å². The number of hydrogen-bond acceptors (Lipinski definition) is 6. The van der Waals surface area contributed by atoms with Crippen LogP contribution in [-0.4, -0.2) is 47.3 Å². The molecule has 0 aliphatic carbocycles. The SMILES string of the molecule is CC1=NN(c2ccccc2)C(=O)[C@]12Cc1cc(Br)ccc1N1CCN(c3ncccn3)C[C@@H]12. The first-order valence-corrected chi connectivity index (χ1v) is 11.9. The number of carbonyl (C=O) groups excluding carboxylic acids is 1. The van der Waals surface area contributed by atoms with Crippen molar-refractivity contribution >= 4 is 44.9 Å². The van der Waals surface area contributed by atoms with Gasteiger partial charge in [0.05, 0.1) is 17.4 Å². The van der Waals surface area contributed by atoms with Crippen LogP contribution in [0, 0.1) is 5.41 Å². The fourth-order valence-electron chi connectivity index (χ4n) is 5.48. The van der Waals surface area contributed by atoms with Gasteiger partial charge < -0.3 is 9.80 Å². The average molecular weight is 503 g/mol. The highest BCUT2D eigenvalue weighted by atomic mass is 79.9. The average Bonchev–Trinajstić information content (AvgIpc) is 3.10. The first-order valence-electron chi connectivity index (χ1n) is 11.1. The van der Waals surface area contributed by atoms with Gasteiger partial charge in [0, 0.05) is 42.2 Å². The van der Waals surface area contributed by atoms with Gasteiger partial charge in [-0.05, 0) is 55.3 Å². The van der Waals surface area contributed by atoms with Crippen molar-refractivity contribution in [3.8, 4) is 0 Å². The summed E-state index contributed by atoms with van der Waals surface area (Å²) in [6.45, 7) is 4.23. The number of aromatic nitrogens is 2. The minimum Gasteiger partial charge on any atom is -0.363 e. The molecule has 0 bridgehead atoms. The van der Waals surface area contributed by atoms with Gasteiger partial charge in [-0.2, -0.15) is 10.1 Å². The van der Waals surface area contributed by atoms with Crippen LogP contribution < -0.4 is 14.8 Å². The normalized spacial score (nSPS) is 24.1. The van der Waals surface area contributed by atoms with E-state index in [4.69, 9.17) is 5.10 Å². The summed E-state index contributed by atoms with van der Waals surface area (Å²) in [6, 6.07) is 17.8. The number of fused-ring (bicyclic) bond motifs is 4. The standard InChI is InChI=1S/C25H23BrN6O/c1-17-25(23(33)32(29-17)20-6-3-2-4-7-20)15-18-14-19(26)8-9-21(18)31-13-12-30(16-22(25)31)24-27-10-5-11-28-24/h2-11,14,22H,12-13,15-16H2,1H3/t22-,25-/m1/s1. The molecule has 0 radical (unpaired) electrons. The zero-order valence-corrected chi connectivity index (χ0v) is 19.8. The molecule has 6 rings (SSSR count). The van der Waals surface area contributed by atoms with E-state index in [1.807, 2.05) is 43.3 Å². The van der Waals surface area contributed by atoms with Crippen LogP contribution in [0.1, 0.15) is 12.5 Å². The molecule has 1 saturated heterocycles. The second-order valence-electron chi connectivity index (χ2n) is 8.76. The molecule has 1 amide bonds. The van der Waals surface area contributed by atoms with Crippen molar-refractivity contribution in [2.45, 2.75) is 19.4 Å². The molecule has 3 aliphatic rings. The van der Waals surface area contributed by atoms with Gasteiger partial charge in [-0.3, -0.25) is 4.79 Å². The summed E-state index contributed by atoms with van der Waals surface area (Å²) in [4.78, 5) is 27.8. The Labute approximate surface area is 200 Å². The third-order valence-corrected chi connectivity index (χ3v) is 7.57. The molecule has 2 atom stereocenters. The van der Waals surface area contributed by atoms with Crippen molar-refractivity contribution in [1.29, 1.82) is 0 Å². The van der Waals surface area contributed by atoms with E-state index >= 15 is 0 Å². The smallest absolute Gasteiger partial charge is 0.261 e. The van der Waals surface area contributed by atoms with Gasteiger partial charge in [0.2, 0.25) is 5.95 Å². The van der Waals surface area contributed by atoms with Crippen molar-refractivity contribution in [2.24, 2.45) is 10.5 Å². The quantitative estimate of drug-likeness (QED) is 0.531. The maximum Gasteiger partial charge on any atom is 0.261 e. The summed E-state index contributed by atoms with van der Waals surface area (Å²) < 4.78 is 1.02. The molecule has 3 aromatic rings. The Morgan fingerprint density at radius 1 is 1.03 bits per heavy atom. The van der Waals surface area contributed by atoms with E-state index in [1.165, 1.54) is 11.3 Å². The van der Waals surface area contributed by atoms with Gasteiger partial charge in [0.15, 0.2) is 0 Å². The molecule has 1 spiro atoms. The van der Waals surface area contributed by atoms with Crippen LogP contribution >= 0.6 is 15.9 Å². The number of halogens is 1. The van der Waals surface area contributed by atoms with Gasteiger partial charge >= 0.3 is 0 Å². The molecule has 2 aromatic carbocycles. The largest absolute Gasteiger partial charge is 0.363 e. The Bertz CT molecular complexity index is 1250. The summed E-state index contributed by atoms with van der Waals surface area (Å²) in [6.07, 6.45) is 4.15. The van der Waals surface area contributed by atoms with Gasteiger partial charge in [-0.25, -0.2) is 9.97 Å². The number of amides is 1. The highest BCUT2D eigenvalue weighted by Crippen LogP contribution is 2.48. The lowest BCUT2D eigenvalue weighted by atomic mass is 9.67. The van der Waals surface area contributed by atoms with Gasteiger partial charge in [-0.1, -0.05) is 34.1 Å². The van der Waals surface area contributed by atoms with Crippen LogP contribution in [0.3, 0.4) is 0 Å². The molecule has 0 N–H and O–H groups in total. The van der Waals surface area contributed by atoms with Crippen molar-refractivity contribution in [3.05, 3.63) is 77.0 Å². The number of nitrogens with zero attached hydrogens (tertiary/aromatic N) is 6. The molecular formula is C25H23BrN6O. The molecule has 8 heteroatoms. The molecule has 7 nitrogen and oxygen atoms in total. The Kier molecular flexibility index (Phi) is 4.72. The van der Waals surface area contributed by atoms with E-state index in [0.29, 0.717) is 18.9 Å². The van der Waals surface area contributed by atoms with Crippen LogP contribution in [0.5, 0.6) is 0 Å². The van der Waals surface area contributed by atoms with Crippen molar-refractivity contribution in [2.75, 3.05) is 34.4 Å². The predicted molar refractivity (Wildman–Crippen MR) is 133 cm³/mol. The topological polar surface area (TPSA) is 64.9 Å². The van der Waals surface area contributed by atoms with Crippen LogP contribution in [0.4, 0.5) is 17.3 Å². The number of carbonyl (C=O) groups is 1. The summed E-state index contributed by atoms with van der Waals surface area (Å²) in [5.74, 6) is 0.733. The first-order chi connectivity index (χ1) is 16.1. The first kappa shape index (κ1) is 20.4. The van der Waals surface area contributed by atoms with Crippen LogP contribution in [0.15, 0.2) is 76.6 Å². The number of benzene rings is 2. The lowest BCUT2D eigenvalue weighted by Gasteiger charge is -2.53. The molecule has 1 fully saturated rings. The highest BCUT2D eigenvalue weighted by Gasteiger charge is 2.60. The summed E-state index contributed by atoms with van der Waals surface area (Å²) in [5.41, 5.74) is 3.26. The van der Waals surface area contributed by atoms with E-state index in [2.05, 4.69) is 53.9 Å². The second kappa shape index (κ2) is 7.66. The maximum absolute atomic E-state index is 14.2. The zero-order valence-electron chi connectivity index (χ0n) is 18.2. The minimum atomic E-state index is -0.753. The van der Waals surface area contributed by atoms with Crippen LogP contribution in [0.25, 0.3) is 0 Å². The molecule has 4 heterocycles. The van der Waals surface area contributed by atoms with Gasteiger partial charge in [0.1, 0.15) is 5.41 Å². The third-order valence-electron chi connectivity index (χ3n) is 7.07. The molecular weight excluding hydrogens is 480 g/mol.